The van der Waals surface area contributed by atoms with E-state index in [4.69, 9.17) is 0 Å². The minimum Gasteiger partial charge on any atom is -0.267 e. The fraction of sp³-hybridized carbons (Fsp3) is 1.00. The van der Waals surface area contributed by atoms with E-state index in [2.05, 4.69) is 0 Å². The van der Waals surface area contributed by atoms with Gasteiger partial charge in [0.2, 0.25) is 0 Å². The van der Waals surface area contributed by atoms with Crippen LogP contribution in [0.3, 0.4) is 0 Å². The van der Waals surface area contributed by atoms with Gasteiger partial charge < -0.3 is 0 Å². The normalized spacial score (nSPS) is 31.4. The van der Waals surface area contributed by atoms with Gasteiger partial charge in [0.15, 0.2) is 0 Å². The number of rotatable bonds is 2. The maximum Gasteiger partial charge on any atom is 0.460 e. The Labute approximate surface area is 109 Å². The lowest BCUT2D eigenvalue weighted by molar-refractivity contribution is -0.448. The summed E-state index contributed by atoms with van der Waals surface area (Å²) < 4.78 is 176. The second-order valence-corrected chi connectivity index (χ2v) is 4.01. The van der Waals surface area contributed by atoms with E-state index in [0.29, 0.717) is 0 Å². The van der Waals surface area contributed by atoms with Gasteiger partial charge in [-0.05, 0) is 0 Å². The quantitative estimate of drug-likeness (QED) is 0.660. The highest BCUT2D eigenvalue weighted by molar-refractivity contribution is 5.17. The highest BCUT2D eigenvalue weighted by Crippen LogP contribution is 2.67. The highest BCUT2D eigenvalue weighted by atomic mass is 19.4. The molecule has 1 atom stereocenters. The van der Waals surface area contributed by atoms with Crippen LogP contribution in [0.1, 0.15) is 0 Å². The topological polar surface area (TPSA) is 9.23 Å². The number of hydrogen-bond acceptors (Lipinski definition) is 1. The molecule has 0 bridgehead atoms. The molecule has 0 saturated carbocycles. The van der Waals surface area contributed by atoms with Crippen LogP contribution in [-0.4, -0.2) is 41.8 Å². The van der Waals surface area contributed by atoms with E-state index in [1.165, 1.54) is 0 Å². The van der Waals surface area contributed by atoms with Crippen molar-refractivity contribution in [3.63, 3.8) is 0 Å². The number of ether oxygens (including phenoxy) is 1. The van der Waals surface area contributed by atoms with Crippen molar-refractivity contribution in [2.45, 2.75) is 41.8 Å². The van der Waals surface area contributed by atoms with Crippen LogP contribution in [0, 0.1) is 0 Å². The van der Waals surface area contributed by atoms with Gasteiger partial charge in [0, 0.05) is 0 Å². The van der Waals surface area contributed by atoms with Crippen molar-refractivity contribution in [3.05, 3.63) is 0 Å². The minimum atomic E-state index is -7.81. The molecule has 1 aliphatic heterocycles. The van der Waals surface area contributed by atoms with Crippen LogP contribution in [0.5, 0.6) is 0 Å². The Morgan fingerprint density at radius 2 is 0.955 bits per heavy atom. The van der Waals surface area contributed by atoms with Crippen LogP contribution in [0.15, 0.2) is 0 Å². The molecule has 0 aliphatic carbocycles. The van der Waals surface area contributed by atoms with Crippen LogP contribution in [0.2, 0.25) is 0 Å². The molecule has 0 aromatic carbocycles. The summed E-state index contributed by atoms with van der Waals surface area (Å²) in [6.45, 7) is 0. The van der Waals surface area contributed by atoms with Gasteiger partial charge in [0.25, 0.3) is 0 Å². The molecular formula is C7F14O. The van der Waals surface area contributed by atoms with E-state index in [1.807, 2.05) is 0 Å². The van der Waals surface area contributed by atoms with E-state index in [1.54, 1.807) is 4.74 Å². The molecule has 0 N–H and O–H groups in total. The predicted octanol–water partition coefficient (Wildman–Crippen LogP) is 4.38. The largest absolute Gasteiger partial charge is 0.460 e. The summed E-state index contributed by atoms with van der Waals surface area (Å²) in [4.78, 5) is 0. The van der Waals surface area contributed by atoms with Gasteiger partial charge in [-0.3, -0.25) is 4.74 Å². The first-order valence-electron chi connectivity index (χ1n) is 4.55. The molecular weight excluding hydrogens is 366 g/mol. The molecule has 1 heterocycles. The minimum absolute atomic E-state index is 1.68. The lowest BCUT2D eigenvalue weighted by Crippen LogP contribution is -2.69. The van der Waals surface area contributed by atoms with Crippen LogP contribution in [0.4, 0.5) is 61.5 Å². The van der Waals surface area contributed by atoms with Crippen molar-refractivity contribution < 1.29 is 66.2 Å². The Balaban J connectivity index is 3.61. The molecule has 1 fully saturated rings. The Hall–Kier alpha value is -1.02. The summed E-state index contributed by atoms with van der Waals surface area (Å²) in [5.74, 6) is -37.4. The van der Waals surface area contributed by atoms with E-state index in [9.17, 15) is 61.5 Å². The lowest BCUT2D eigenvalue weighted by atomic mass is 9.95. The first-order valence-corrected chi connectivity index (χ1v) is 4.55. The van der Waals surface area contributed by atoms with Gasteiger partial charge in [-0.15, -0.1) is 0 Å². The fourth-order valence-corrected chi connectivity index (χ4v) is 1.33. The Bertz CT molecular complexity index is 462. The first kappa shape index (κ1) is 19.0. The number of hydrogen-bond donors (Lipinski definition) is 0. The Kier molecular flexibility index (Phi) is 3.53. The molecule has 0 radical (unpaired) electrons. The third-order valence-corrected chi connectivity index (χ3v) is 2.59. The molecule has 132 valence electrons. The molecule has 1 nitrogen and oxygen atoms in total. The van der Waals surface area contributed by atoms with Crippen molar-refractivity contribution >= 4 is 0 Å². The molecule has 0 aromatic heterocycles. The zero-order chi connectivity index (χ0) is 18.2. The van der Waals surface area contributed by atoms with E-state index in [0.717, 1.165) is 0 Å². The van der Waals surface area contributed by atoms with Gasteiger partial charge in [0.1, 0.15) is 0 Å². The molecule has 0 aromatic rings. The number of alkyl halides is 14. The molecule has 15 heteroatoms. The molecule has 0 amide bonds. The summed E-state index contributed by atoms with van der Waals surface area (Å²) in [7, 11) is 0. The average Bonchev–Trinajstić information content (AvgIpc) is 2.33. The lowest BCUT2D eigenvalue weighted by Gasteiger charge is -2.37. The third-order valence-electron chi connectivity index (χ3n) is 2.59. The summed E-state index contributed by atoms with van der Waals surface area (Å²) in [6.07, 6.45) is -14.2. The molecule has 1 aliphatic rings. The maximum absolute atomic E-state index is 13.2. The molecule has 1 rings (SSSR count). The predicted molar refractivity (Wildman–Crippen MR) is 35.7 cm³/mol. The van der Waals surface area contributed by atoms with Gasteiger partial charge in [-0.2, -0.15) is 61.5 Å². The maximum atomic E-state index is 13.2. The smallest absolute Gasteiger partial charge is 0.267 e. The van der Waals surface area contributed by atoms with Crippen LogP contribution in [0.25, 0.3) is 0 Å². The van der Waals surface area contributed by atoms with Crippen molar-refractivity contribution in [2.24, 2.45) is 0 Å². The Morgan fingerprint density at radius 3 is 1.18 bits per heavy atom. The van der Waals surface area contributed by atoms with Gasteiger partial charge >= 0.3 is 41.8 Å². The van der Waals surface area contributed by atoms with Crippen molar-refractivity contribution in [1.82, 2.24) is 0 Å². The Morgan fingerprint density at radius 1 is 0.591 bits per heavy atom. The molecule has 1 unspecified atom stereocenters. The second-order valence-electron chi connectivity index (χ2n) is 4.01. The molecule has 22 heavy (non-hydrogen) atoms. The highest BCUT2D eigenvalue weighted by Gasteiger charge is 2.99. The summed E-state index contributed by atoms with van der Waals surface area (Å²) >= 11 is 0. The molecule has 0 spiro atoms. The van der Waals surface area contributed by atoms with Gasteiger partial charge in [-0.25, -0.2) is 0 Å². The SMILES string of the molecule is FC(F)(F)C(F)(F)C(F)(F)C1(F)OC(F)(F)C(F)(F)C1(F)F. The summed E-state index contributed by atoms with van der Waals surface area (Å²) in [5, 5.41) is 0. The fourth-order valence-electron chi connectivity index (χ4n) is 1.33. The zero-order valence-corrected chi connectivity index (χ0v) is 9.20. The van der Waals surface area contributed by atoms with E-state index >= 15 is 0 Å². The van der Waals surface area contributed by atoms with Crippen molar-refractivity contribution in [1.29, 1.82) is 0 Å². The summed E-state index contributed by atoms with van der Waals surface area (Å²) in [5.41, 5.74) is 0. The van der Waals surface area contributed by atoms with Crippen molar-refractivity contribution in [3.8, 4) is 0 Å². The third kappa shape index (κ3) is 1.76. The van der Waals surface area contributed by atoms with Crippen LogP contribution in [-0.2, 0) is 4.74 Å². The van der Waals surface area contributed by atoms with Gasteiger partial charge in [0.05, 0.1) is 0 Å². The van der Waals surface area contributed by atoms with Crippen molar-refractivity contribution in [2.75, 3.05) is 0 Å². The number of halogens is 14. The molecule has 1 saturated heterocycles. The van der Waals surface area contributed by atoms with Crippen LogP contribution >= 0.6 is 0 Å². The van der Waals surface area contributed by atoms with Gasteiger partial charge in [-0.1, -0.05) is 0 Å². The monoisotopic (exact) mass is 366 g/mol. The standard InChI is InChI=1S/C7F14O/c8-1(9,3(12,13)6(17,18)19)5(16)2(10,11)4(14,15)7(20,21)22-5. The average molecular weight is 366 g/mol. The first-order chi connectivity index (χ1) is 9.21. The zero-order valence-electron chi connectivity index (χ0n) is 9.20. The van der Waals surface area contributed by atoms with E-state index in [-0.39, 0.29) is 0 Å². The van der Waals surface area contributed by atoms with Crippen LogP contribution < -0.4 is 0 Å². The summed E-state index contributed by atoms with van der Waals surface area (Å²) in [6, 6.07) is 0. The second kappa shape index (κ2) is 4.08. The van der Waals surface area contributed by atoms with E-state index < -0.39 is 41.8 Å².